The van der Waals surface area contributed by atoms with Gasteiger partial charge in [-0.2, -0.15) is 9.61 Å². The third-order valence-corrected chi connectivity index (χ3v) is 13.4. The summed E-state index contributed by atoms with van der Waals surface area (Å²) < 4.78 is 15.0. The molecule has 3 aliphatic carbocycles. The summed E-state index contributed by atoms with van der Waals surface area (Å²) in [5.74, 6) is 3.70. The Morgan fingerprint density at radius 3 is 2.04 bits per heavy atom. The van der Waals surface area contributed by atoms with E-state index in [9.17, 15) is 4.79 Å². The van der Waals surface area contributed by atoms with Gasteiger partial charge in [0.2, 0.25) is 0 Å². The fourth-order valence-corrected chi connectivity index (χ4v) is 8.73. The molecule has 244 valence electrons. The van der Waals surface area contributed by atoms with Crippen molar-refractivity contribution in [3.8, 4) is 11.1 Å². The van der Waals surface area contributed by atoms with Crippen LogP contribution in [-0.2, 0) is 9.47 Å². The van der Waals surface area contributed by atoms with Crippen LogP contribution >= 0.6 is 0 Å². The summed E-state index contributed by atoms with van der Waals surface area (Å²) in [7, 11) is -2.46. The first-order valence-electron chi connectivity index (χ1n) is 17.2. The van der Waals surface area contributed by atoms with Crippen molar-refractivity contribution in [2.24, 2.45) is 11.8 Å². The molecule has 0 amide bonds. The van der Waals surface area contributed by atoms with Crippen LogP contribution in [0.4, 0.5) is 5.82 Å². The van der Waals surface area contributed by atoms with Crippen molar-refractivity contribution >= 4 is 33.9 Å². The van der Waals surface area contributed by atoms with Gasteiger partial charge in [-0.3, -0.25) is 9.78 Å². The lowest BCUT2D eigenvalue weighted by Gasteiger charge is -2.33. The van der Waals surface area contributed by atoms with E-state index in [1.165, 1.54) is 56.2 Å². The summed E-state index contributed by atoms with van der Waals surface area (Å²) in [6.45, 7) is 16.8. The highest BCUT2D eigenvalue weighted by Crippen LogP contribution is 2.53. The molecule has 1 unspecified atom stereocenters. The molecule has 0 aliphatic heterocycles. The van der Waals surface area contributed by atoms with Gasteiger partial charge in [-0.25, -0.2) is 4.98 Å². The third-order valence-electron chi connectivity index (χ3n) is 9.95. The molecule has 0 N–H and O–H groups in total. The molecule has 3 aliphatic rings. The molecular weight excluding hydrogens is 595 g/mol. The predicted octanol–water partition coefficient (Wildman–Crippen LogP) is 8.21. The molecule has 3 aromatic heterocycles. The van der Waals surface area contributed by atoms with Crippen molar-refractivity contribution in [1.82, 2.24) is 19.6 Å². The molecule has 3 saturated carbocycles. The zero-order chi connectivity index (χ0) is 31.8. The van der Waals surface area contributed by atoms with Gasteiger partial charge in [0.25, 0.3) is 0 Å². The largest absolute Gasteiger partial charge is 0.361 e. The van der Waals surface area contributed by atoms with Gasteiger partial charge in [0, 0.05) is 58.2 Å². The van der Waals surface area contributed by atoms with E-state index < -0.39 is 16.1 Å². The van der Waals surface area contributed by atoms with Crippen molar-refractivity contribution in [1.29, 1.82) is 0 Å². The summed E-state index contributed by atoms with van der Waals surface area (Å²) >= 11 is 0. The zero-order valence-corrected chi connectivity index (χ0v) is 30.3. The number of pyridine rings is 1. The Morgan fingerprint density at radius 2 is 1.51 bits per heavy atom. The molecule has 0 spiro atoms. The standard InChI is InChI=1S/C35H53N5O3Si2/c1-44(2,3)15-13-42-23-39(24-43-14-16-45(4,5)6)35-32(27-9-10-27)33(29-18-25-7-8-26(17-25)19-29)38-34-31(21-37-40(34)35)28-11-12-30(22-41)36-20-28/h11-12,20-22,25-27,29H,7-10,13-19,23-24H2,1-6H3/t25-,26+,29?. The fraction of sp³-hybridized carbons (Fsp3) is 0.657. The van der Waals surface area contributed by atoms with E-state index in [1.807, 2.05) is 12.3 Å². The highest BCUT2D eigenvalue weighted by molar-refractivity contribution is 6.76. The minimum Gasteiger partial charge on any atom is -0.361 e. The van der Waals surface area contributed by atoms with Crippen molar-refractivity contribution < 1.29 is 14.3 Å². The van der Waals surface area contributed by atoms with Gasteiger partial charge in [0.05, 0.1) is 11.9 Å². The Labute approximate surface area is 271 Å². The monoisotopic (exact) mass is 647 g/mol. The van der Waals surface area contributed by atoms with Crippen molar-refractivity contribution in [3.63, 3.8) is 0 Å². The maximum absolute atomic E-state index is 11.3. The lowest BCUT2D eigenvalue weighted by Crippen LogP contribution is -2.34. The van der Waals surface area contributed by atoms with Crippen molar-refractivity contribution in [2.45, 2.75) is 108 Å². The van der Waals surface area contributed by atoms with E-state index in [0.717, 1.165) is 66.0 Å². The Balaban J connectivity index is 1.44. The normalized spacial score (nSPS) is 21.9. The van der Waals surface area contributed by atoms with E-state index >= 15 is 0 Å². The average Bonchev–Trinajstić information content (AvgIpc) is 3.66. The van der Waals surface area contributed by atoms with E-state index in [1.54, 1.807) is 12.3 Å². The number of fused-ring (bicyclic) bond motifs is 3. The Morgan fingerprint density at radius 1 is 0.867 bits per heavy atom. The van der Waals surface area contributed by atoms with Gasteiger partial charge in [0.1, 0.15) is 25.0 Å². The smallest absolute Gasteiger partial charge is 0.168 e. The third kappa shape index (κ3) is 7.94. The minimum absolute atomic E-state index is 0.426. The predicted molar refractivity (Wildman–Crippen MR) is 187 cm³/mol. The topological polar surface area (TPSA) is 81.9 Å². The minimum atomic E-state index is -1.23. The van der Waals surface area contributed by atoms with Gasteiger partial charge in [-0.1, -0.05) is 58.2 Å². The Bertz CT molecular complexity index is 1440. The summed E-state index contributed by atoms with van der Waals surface area (Å²) in [5.41, 5.74) is 5.81. The van der Waals surface area contributed by atoms with Crippen LogP contribution in [0, 0.1) is 11.8 Å². The van der Waals surface area contributed by atoms with Crippen LogP contribution in [0.2, 0.25) is 51.4 Å². The first-order valence-corrected chi connectivity index (χ1v) is 24.6. The molecule has 3 aromatic rings. The van der Waals surface area contributed by atoms with E-state index in [4.69, 9.17) is 19.6 Å². The maximum Gasteiger partial charge on any atom is 0.168 e. The van der Waals surface area contributed by atoms with Gasteiger partial charge >= 0.3 is 0 Å². The number of nitrogens with zero attached hydrogens (tertiary/aromatic N) is 5. The molecule has 0 aromatic carbocycles. The quantitative estimate of drug-likeness (QED) is 0.0712. The lowest BCUT2D eigenvalue weighted by molar-refractivity contribution is 0.0940. The number of rotatable bonds is 15. The molecule has 10 heteroatoms. The maximum atomic E-state index is 11.3. The second-order valence-electron chi connectivity index (χ2n) is 16.3. The number of hydrogen-bond donors (Lipinski definition) is 0. The van der Waals surface area contributed by atoms with Crippen molar-refractivity contribution in [2.75, 3.05) is 31.6 Å². The van der Waals surface area contributed by atoms with Crippen LogP contribution in [0.15, 0.2) is 24.5 Å². The van der Waals surface area contributed by atoms with Gasteiger partial charge in [-0.15, -0.1) is 0 Å². The van der Waals surface area contributed by atoms with Gasteiger partial charge in [0.15, 0.2) is 11.9 Å². The second kappa shape index (κ2) is 13.4. The Hall–Kier alpha value is -2.41. The van der Waals surface area contributed by atoms with Crippen LogP contribution in [0.3, 0.4) is 0 Å². The number of hydrogen-bond acceptors (Lipinski definition) is 7. The van der Waals surface area contributed by atoms with Crippen molar-refractivity contribution in [3.05, 3.63) is 41.5 Å². The lowest BCUT2D eigenvalue weighted by atomic mass is 9.78. The van der Waals surface area contributed by atoms with Crippen LogP contribution in [-0.4, -0.2) is 68.7 Å². The highest BCUT2D eigenvalue weighted by Gasteiger charge is 2.41. The van der Waals surface area contributed by atoms with Gasteiger partial charge < -0.3 is 14.4 Å². The average molecular weight is 648 g/mol. The van der Waals surface area contributed by atoms with E-state index in [0.29, 0.717) is 31.0 Å². The molecule has 3 heterocycles. The van der Waals surface area contributed by atoms with E-state index in [2.05, 4.69) is 53.7 Å². The van der Waals surface area contributed by atoms with Crippen LogP contribution < -0.4 is 4.90 Å². The molecule has 45 heavy (non-hydrogen) atoms. The molecule has 6 rings (SSSR count). The number of ether oxygens (including phenoxy) is 2. The number of carbonyl (C=O) groups is 1. The first kappa shape index (κ1) is 32.5. The van der Waals surface area contributed by atoms with E-state index in [-0.39, 0.29) is 0 Å². The van der Waals surface area contributed by atoms with Crippen LogP contribution in [0.5, 0.6) is 0 Å². The second-order valence-corrected chi connectivity index (χ2v) is 27.6. The molecule has 2 bridgehead atoms. The van der Waals surface area contributed by atoms with Crippen LogP contribution in [0.25, 0.3) is 16.8 Å². The Kier molecular flexibility index (Phi) is 9.67. The summed E-state index contributed by atoms with van der Waals surface area (Å²) in [6, 6.07) is 5.99. The van der Waals surface area contributed by atoms with Gasteiger partial charge in [-0.05, 0) is 68.0 Å². The first-order chi connectivity index (χ1) is 21.5. The highest BCUT2D eigenvalue weighted by atomic mass is 28.3. The molecule has 3 atom stereocenters. The SMILES string of the molecule is C[Si](C)(C)CCOCN(COCC[Si](C)(C)C)c1c(C2CC2)c(C2C[C@H]3CC[C@@H](C2)C3)nc2c(-c3ccc(C=O)nc3)cnn12. The zero-order valence-electron chi connectivity index (χ0n) is 28.3. The number of anilines is 1. The number of aldehydes is 1. The molecule has 3 fully saturated rings. The molecule has 8 nitrogen and oxygen atoms in total. The molecular formula is C35H53N5O3Si2. The number of aromatic nitrogens is 4. The molecule has 0 saturated heterocycles. The number of carbonyl (C=O) groups excluding carboxylic acids is 1. The summed E-state index contributed by atoms with van der Waals surface area (Å²) in [6.07, 6.45) is 13.5. The fourth-order valence-electron chi connectivity index (χ4n) is 7.22. The van der Waals surface area contributed by atoms with Crippen LogP contribution in [0.1, 0.15) is 78.5 Å². The summed E-state index contributed by atoms with van der Waals surface area (Å²) in [5, 5.41) is 5.01. The summed E-state index contributed by atoms with van der Waals surface area (Å²) in [4.78, 5) is 23.6. The molecule has 0 radical (unpaired) electrons.